The minimum atomic E-state index is -0.945. The van der Waals surface area contributed by atoms with Crippen molar-refractivity contribution in [3.63, 3.8) is 0 Å². The van der Waals surface area contributed by atoms with E-state index in [1.807, 2.05) is 51.4 Å². The number of imidazole rings is 1. The van der Waals surface area contributed by atoms with Gasteiger partial charge in [0.05, 0.1) is 30.5 Å². The van der Waals surface area contributed by atoms with E-state index < -0.39 is 5.79 Å². The molecule has 7 rings (SSSR count). The van der Waals surface area contributed by atoms with Gasteiger partial charge in [-0.1, -0.05) is 6.07 Å². The smallest absolute Gasteiger partial charge is 0.348 e. The molecule has 216 valence electrons. The Morgan fingerprint density at radius 3 is 2.73 bits per heavy atom. The molecule has 0 amide bonds. The van der Waals surface area contributed by atoms with Crippen molar-refractivity contribution in [2.75, 3.05) is 31.2 Å². The van der Waals surface area contributed by atoms with Gasteiger partial charge >= 0.3 is 5.97 Å². The minimum absolute atomic E-state index is 0.207. The zero-order valence-electron chi connectivity index (χ0n) is 23.7. The second-order valence-corrected chi connectivity index (χ2v) is 12.2. The van der Waals surface area contributed by atoms with Gasteiger partial charge in [0.15, 0.2) is 11.5 Å². The van der Waals surface area contributed by atoms with Gasteiger partial charge in [-0.15, -0.1) is 11.3 Å². The van der Waals surface area contributed by atoms with Crippen LogP contribution >= 0.6 is 11.3 Å². The van der Waals surface area contributed by atoms with Crippen molar-refractivity contribution in [2.45, 2.75) is 58.0 Å². The molecule has 2 fully saturated rings. The lowest BCUT2D eigenvalue weighted by atomic mass is 9.92. The van der Waals surface area contributed by atoms with E-state index in [4.69, 9.17) is 23.9 Å². The summed E-state index contributed by atoms with van der Waals surface area (Å²) in [5.74, 6) is 1.91. The number of fused-ring (bicyclic) bond motifs is 2. The van der Waals surface area contributed by atoms with Gasteiger partial charge in [0.25, 0.3) is 5.79 Å². The molecule has 3 aromatic heterocycles. The second-order valence-electron chi connectivity index (χ2n) is 11.2. The Bertz CT molecular complexity index is 1580. The summed E-state index contributed by atoms with van der Waals surface area (Å²) >= 11 is 1.42. The van der Waals surface area contributed by atoms with E-state index in [1.165, 1.54) is 11.3 Å². The van der Waals surface area contributed by atoms with Crippen molar-refractivity contribution in [1.29, 1.82) is 0 Å². The minimum Gasteiger partial charge on any atom is -0.462 e. The Morgan fingerprint density at radius 2 is 2.02 bits per heavy atom. The summed E-state index contributed by atoms with van der Waals surface area (Å²) < 4.78 is 27.7. The standard InChI is InChI=1S/C30H35N5O5S/c1-4-37-29(36)24-17-22-28(41-24)31-26(35(22)18-20-11-15-38-20)16-19-8-13-34(14-9-19)21-6-5-7-23-27(21)40-30(2,39-23)25-10-12-33(3)32-25/h5-7,10,12,17,19-20H,4,8-9,11,13-16,18H2,1-3H3/t20-,30-/m0/s1. The van der Waals surface area contributed by atoms with Crippen molar-refractivity contribution < 1.29 is 23.7 Å². The van der Waals surface area contributed by atoms with Crippen molar-refractivity contribution in [3.8, 4) is 11.5 Å². The number of para-hydroxylation sites is 1. The largest absolute Gasteiger partial charge is 0.462 e. The number of thiophene rings is 1. The average Bonchev–Trinajstić information content (AvgIpc) is 3.70. The molecule has 11 heteroatoms. The summed E-state index contributed by atoms with van der Waals surface area (Å²) in [4.78, 5) is 21.3. The number of benzene rings is 1. The van der Waals surface area contributed by atoms with E-state index in [0.717, 1.165) is 91.0 Å². The average molecular weight is 578 g/mol. The van der Waals surface area contributed by atoms with E-state index in [9.17, 15) is 4.79 Å². The number of aromatic nitrogens is 4. The van der Waals surface area contributed by atoms with Gasteiger partial charge in [0.2, 0.25) is 0 Å². The highest BCUT2D eigenvalue weighted by atomic mass is 32.1. The van der Waals surface area contributed by atoms with Gasteiger partial charge in [-0.2, -0.15) is 5.10 Å². The normalized spacial score (nSPS) is 22.3. The first kappa shape index (κ1) is 26.3. The number of ether oxygens (including phenoxy) is 4. The molecule has 0 unspecified atom stereocenters. The highest BCUT2D eigenvalue weighted by Gasteiger charge is 2.43. The second kappa shape index (κ2) is 10.4. The van der Waals surface area contributed by atoms with E-state index >= 15 is 0 Å². The van der Waals surface area contributed by atoms with Gasteiger partial charge in [-0.05, 0) is 56.4 Å². The quantitative estimate of drug-likeness (QED) is 0.273. The first-order valence-corrected chi connectivity index (χ1v) is 15.3. The van der Waals surface area contributed by atoms with Crippen LogP contribution in [0.3, 0.4) is 0 Å². The highest BCUT2D eigenvalue weighted by Crippen LogP contribution is 2.49. The Hall–Kier alpha value is -3.57. The zero-order chi connectivity index (χ0) is 28.1. The lowest BCUT2D eigenvalue weighted by Crippen LogP contribution is -2.36. The molecule has 10 nitrogen and oxygen atoms in total. The summed E-state index contributed by atoms with van der Waals surface area (Å²) in [5.41, 5.74) is 2.82. The molecule has 0 saturated carbocycles. The maximum Gasteiger partial charge on any atom is 0.348 e. The predicted octanol–water partition coefficient (Wildman–Crippen LogP) is 4.90. The fourth-order valence-electron chi connectivity index (χ4n) is 6.02. The van der Waals surface area contributed by atoms with E-state index in [1.54, 1.807) is 4.68 Å². The van der Waals surface area contributed by atoms with E-state index in [-0.39, 0.29) is 12.1 Å². The number of anilines is 1. The number of carbonyl (C=O) groups is 1. The Morgan fingerprint density at radius 1 is 1.20 bits per heavy atom. The summed E-state index contributed by atoms with van der Waals surface area (Å²) in [7, 11) is 1.89. The zero-order valence-corrected chi connectivity index (χ0v) is 24.5. The van der Waals surface area contributed by atoms with Gasteiger partial charge in [-0.25, -0.2) is 9.78 Å². The molecule has 2 saturated heterocycles. The van der Waals surface area contributed by atoms with E-state index in [2.05, 4.69) is 20.6 Å². The molecule has 3 aliphatic heterocycles. The molecule has 1 aromatic carbocycles. The number of carbonyl (C=O) groups excluding carboxylic acids is 1. The maximum absolute atomic E-state index is 12.3. The SMILES string of the molecule is CCOC(=O)c1cc2c(nc(CC3CCN(c4cccc5c4O[C@@](C)(c4ccn(C)n4)O5)CC3)n2C[C@@H]2CCO2)s1. The van der Waals surface area contributed by atoms with Crippen LogP contribution in [0.1, 0.15) is 54.3 Å². The molecule has 4 aromatic rings. The van der Waals surface area contributed by atoms with Crippen LogP contribution in [0.2, 0.25) is 0 Å². The monoisotopic (exact) mass is 577 g/mol. The van der Waals surface area contributed by atoms with E-state index in [0.29, 0.717) is 17.4 Å². The number of hydrogen-bond acceptors (Lipinski definition) is 9. The van der Waals surface area contributed by atoms with Crippen LogP contribution in [0.25, 0.3) is 10.3 Å². The van der Waals surface area contributed by atoms with Crippen LogP contribution in [-0.2, 0) is 35.3 Å². The van der Waals surface area contributed by atoms with Crippen LogP contribution in [0.4, 0.5) is 5.69 Å². The number of aryl methyl sites for hydroxylation is 1. The Balaban J connectivity index is 1.06. The van der Waals surface area contributed by atoms with Gasteiger partial charge in [0, 0.05) is 46.3 Å². The van der Waals surface area contributed by atoms with Crippen molar-refractivity contribution in [2.24, 2.45) is 13.0 Å². The summed E-state index contributed by atoms with van der Waals surface area (Å²) in [6.45, 7) is 7.55. The van der Waals surface area contributed by atoms with Crippen molar-refractivity contribution in [1.82, 2.24) is 19.3 Å². The number of nitrogens with zero attached hydrogens (tertiary/aromatic N) is 5. The molecule has 2 atom stereocenters. The third-order valence-electron chi connectivity index (χ3n) is 8.35. The lowest BCUT2D eigenvalue weighted by Gasteiger charge is -2.34. The Kier molecular flexibility index (Phi) is 6.66. The molecule has 41 heavy (non-hydrogen) atoms. The molecular formula is C30H35N5O5S. The molecule has 0 bridgehead atoms. The molecular weight excluding hydrogens is 542 g/mol. The number of esters is 1. The topological polar surface area (TPSA) is 92.9 Å². The predicted molar refractivity (Wildman–Crippen MR) is 155 cm³/mol. The van der Waals surface area contributed by atoms with Gasteiger partial charge in [0.1, 0.15) is 21.2 Å². The summed E-state index contributed by atoms with van der Waals surface area (Å²) in [6.07, 6.45) is 6.17. The lowest BCUT2D eigenvalue weighted by molar-refractivity contribution is -0.0719. The van der Waals surface area contributed by atoms with Crippen LogP contribution in [-0.4, -0.2) is 57.7 Å². The summed E-state index contributed by atoms with van der Waals surface area (Å²) in [6, 6.07) is 9.98. The first-order valence-electron chi connectivity index (χ1n) is 14.4. The van der Waals surface area contributed by atoms with Crippen molar-refractivity contribution >= 4 is 33.3 Å². The fraction of sp³-hybridized carbons (Fsp3) is 0.500. The van der Waals surface area contributed by atoms with Gasteiger partial charge < -0.3 is 28.4 Å². The summed E-state index contributed by atoms with van der Waals surface area (Å²) in [5, 5.41) is 4.52. The Labute approximate surface area is 242 Å². The number of piperidine rings is 1. The number of rotatable bonds is 8. The fourth-order valence-corrected chi connectivity index (χ4v) is 6.96. The molecule has 0 N–H and O–H groups in total. The molecule has 0 spiro atoms. The van der Waals surface area contributed by atoms with Crippen LogP contribution in [0.15, 0.2) is 36.5 Å². The maximum atomic E-state index is 12.3. The third-order valence-corrected chi connectivity index (χ3v) is 9.35. The number of hydrogen-bond donors (Lipinski definition) is 0. The molecule has 3 aliphatic rings. The van der Waals surface area contributed by atoms with Crippen LogP contribution in [0, 0.1) is 5.92 Å². The van der Waals surface area contributed by atoms with Gasteiger partial charge in [-0.3, -0.25) is 4.68 Å². The molecule has 0 radical (unpaired) electrons. The first-order chi connectivity index (χ1) is 19.9. The van der Waals surface area contributed by atoms with Crippen LogP contribution in [0.5, 0.6) is 11.5 Å². The third kappa shape index (κ3) is 4.84. The molecule has 0 aliphatic carbocycles. The highest BCUT2D eigenvalue weighted by molar-refractivity contribution is 7.20. The molecule has 6 heterocycles. The van der Waals surface area contributed by atoms with Crippen molar-refractivity contribution in [3.05, 3.63) is 52.9 Å². The van der Waals surface area contributed by atoms with Crippen LogP contribution < -0.4 is 14.4 Å².